The molecule has 0 aliphatic rings. The van der Waals surface area contributed by atoms with E-state index in [0.717, 1.165) is 19.6 Å². The van der Waals surface area contributed by atoms with Crippen LogP contribution in [0.1, 0.15) is 116 Å². The summed E-state index contributed by atoms with van der Waals surface area (Å²) in [6.07, 6.45) is 21.8. The largest absolute Gasteiger partial charge is 0.381 e. The zero-order valence-electron chi connectivity index (χ0n) is 19.5. The number of unbranched alkanes of at least 4 members (excludes halogenated alkanes) is 13. The standard InChI is InChI=1S/C27H48OS/c1-27(2,29)23-25-28-24-19-14-12-10-8-6-4-3-5-7-9-11-13-16-20-26-21-17-15-18-22-26/h15,17-18,21-22,29H,3-14,16,19-20,23-25H2,1-2H3. The molecule has 168 valence electrons. The molecule has 0 unspecified atom stereocenters. The van der Waals surface area contributed by atoms with Gasteiger partial charge in [-0.1, -0.05) is 121 Å². The molecule has 0 atom stereocenters. The second-order valence-electron chi connectivity index (χ2n) is 9.36. The van der Waals surface area contributed by atoms with Crippen molar-refractivity contribution in [2.24, 2.45) is 0 Å². The molecule has 29 heavy (non-hydrogen) atoms. The highest BCUT2D eigenvalue weighted by Crippen LogP contribution is 2.17. The van der Waals surface area contributed by atoms with E-state index in [1.54, 1.807) is 0 Å². The van der Waals surface area contributed by atoms with Gasteiger partial charge in [-0.05, 0) is 31.2 Å². The van der Waals surface area contributed by atoms with E-state index < -0.39 is 0 Å². The van der Waals surface area contributed by atoms with Crippen LogP contribution in [0, 0.1) is 0 Å². The van der Waals surface area contributed by atoms with Gasteiger partial charge in [0.2, 0.25) is 0 Å². The molecular weight excluding hydrogens is 372 g/mol. The Kier molecular flexibility index (Phi) is 16.8. The van der Waals surface area contributed by atoms with Crippen molar-refractivity contribution in [3.8, 4) is 0 Å². The van der Waals surface area contributed by atoms with Crippen LogP contribution in [0.2, 0.25) is 0 Å². The first-order valence-corrected chi connectivity index (χ1v) is 12.9. The molecular formula is C27H48OS. The Bertz CT molecular complexity index is 451. The van der Waals surface area contributed by atoms with Gasteiger partial charge in [-0.15, -0.1) is 0 Å². The highest BCUT2D eigenvalue weighted by Gasteiger charge is 2.10. The van der Waals surface area contributed by atoms with E-state index in [9.17, 15) is 0 Å². The van der Waals surface area contributed by atoms with Crippen LogP contribution in [-0.4, -0.2) is 18.0 Å². The second-order valence-corrected chi connectivity index (χ2v) is 10.6. The summed E-state index contributed by atoms with van der Waals surface area (Å²) in [6, 6.07) is 10.9. The minimum absolute atomic E-state index is 0.0997. The molecule has 1 rings (SSSR count). The fourth-order valence-electron chi connectivity index (χ4n) is 3.72. The lowest BCUT2D eigenvalue weighted by molar-refractivity contribution is 0.123. The van der Waals surface area contributed by atoms with E-state index in [0.29, 0.717) is 0 Å². The molecule has 0 aliphatic heterocycles. The molecule has 1 aromatic rings. The Morgan fingerprint density at radius 2 is 1.07 bits per heavy atom. The fraction of sp³-hybridized carbons (Fsp3) is 0.778. The predicted octanol–water partition coefficient (Wildman–Crippen LogP) is 8.81. The van der Waals surface area contributed by atoms with Gasteiger partial charge in [0.25, 0.3) is 0 Å². The average molecular weight is 421 g/mol. The highest BCUT2D eigenvalue weighted by atomic mass is 32.1. The van der Waals surface area contributed by atoms with E-state index in [2.05, 4.69) is 56.8 Å². The van der Waals surface area contributed by atoms with Gasteiger partial charge in [-0.3, -0.25) is 0 Å². The van der Waals surface area contributed by atoms with Crippen LogP contribution in [0.3, 0.4) is 0 Å². The molecule has 0 bridgehead atoms. The van der Waals surface area contributed by atoms with Gasteiger partial charge < -0.3 is 4.74 Å². The zero-order valence-corrected chi connectivity index (χ0v) is 20.4. The van der Waals surface area contributed by atoms with E-state index in [1.165, 1.54) is 102 Å². The SMILES string of the molecule is CC(C)(S)CCOCCCCCCCCCCCCCCCCc1ccccc1. The van der Waals surface area contributed by atoms with Crippen LogP contribution in [0.5, 0.6) is 0 Å². The number of benzene rings is 1. The van der Waals surface area contributed by atoms with Crippen molar-refractivity contribution in [2.75, 3.05) is 13.2 Å². The van der Waals surface area contributed by atoms with Crippen molar-refractivity contribution < 1.29 is 4.74 Å². The molecule has 0 spiro atoms. The number of rotatable bonds is 20. The summed E-state index contributed by atoms with van der Waals surface area (Å²) in [5.74, 6) is 0. The van der Waals surface area contributed by atoms with Crippen molar-refractivity contribution in [3.05, 3.63) is 35.9 Å². The molecule has 0 aliphatic carbocycles. The quantitative estimate of drug-likeness (QED) is 0.164. The minimum atomic E-state index is 0.0997. The van der Waals surface area contributed by atoms with Crippen LogP contribution in [0.15, 0.2) is 30.3 Å². The zero-order chi connectivity index (χ0) is 21.0. The average Bonchev–Trinajstić information content (AvgIpc) is 2.69. The maximum absolute atomic E-state index is 5.69. The van der Waals surface area contributed by atoms with Gasteiger partial charge in [0.1, 0.15) is 0 Å². The van der Waals surface area contributed by atoms with E-state index in [-0.39, 0.29) is 4.75 Å². The number of aryl methyl sites for hydroxylation is 1. The number of ether oxygens (including phenoxy) is 1. The Balaban J connectivity index is 1.69. The molecule has 0 fully saturated rings. The van der Waals surface area contributed by atoms with Gasteiger partial charge >= 0.3 is 0 Å². The lowest BCUT2D eigenvalue weighted by Crippen LogP contribution is -2.14. The van der Waals surface area contributed by atoms with Gasteiger partial charge in [-0.2, -0.15) is 12.6 Å². The van der Waals surface area contributed by atoms with Gasteiger partial charge in [-0.25, -0.2) is 0 Å². The normalized spacial score (nSPS) is 11.8. The van der Waals surface area contributed by atoms with Gasteiger partial charge in [0.15, 0.2) is 0 Å². The molecule has 0 heterocycles. The van der Waals surface area contributed by atoms with Crippen molar-refractivity contribution in [1.29, 1.82) is 0 Å². The number of thiol groups is 1. The molecule has 0 N–H and O–H groups in total. The Labute approximate surface area is 187 Å². The predicted molar refractivity (Wildman–Crippen MR) is 133 cm³/mol. The van der Waals surface area contributed by atoms with Crippen LogP contribution in [0.4, 0.5) is 0 Å². The summed E-state index contributed by atoms with van der Waals surface area (Å²) in [7, 11) is 0. The maximum Gasteiger partial charge on any atom is 0.0478 e. The van der Waals surface area contributed by atoms with Gasteiger partial charge in [0.05, 0.1) is 0 Å². The first kappa shape index (κ1) is 26.6. The van der Waals surface area contributed by atoms with Crippen molar-refractivity contribution >= 4 is 12.6 Å². The lowest BCUT2D eigenvalue weighted by atomic mass is 10.0. The van der Waals surface area contributed by atoms with Gasteiger partial charge in [0, 0.05) is 18.0 Å². The topological polar surface area (TPSA) is 9.23 Å². The molecule has 2 heteroatoms. The van der Waals surface area contributed by atoms with Crippen LogP contribution < -0.4 is 0 Å². The third-order valence-electron chi connectivity index (χ3n) is 5.71. The van der Waals surface area contributed by atoms with Crippen molar-refractivity contribution in [2.45, 2.75) is 121 Å². The molecule has 0 saturated heterocycles. The molecule has 0 radical (unpaired) electrons. The number of hydrogen-bond acceptors (Lipinski definition) is 2. The third-order valence-corrected chi connectivity index (χ3v) is 5.93. The summed E-state index contributed by atoms with van der Waals surface area (Å²) in [4.78, 5) is 0. The van der Waals surface area contributed by atoms with Crippen LogP contribution in [-0.2, 0) is 11.2 Å². The molecule has 0 amide bonds. The first-order chi connectivity index (χ1) is 14.1. The monoisotopic (exact) mass is 420 g/mol. The Morgan fingerprint density at radius 1 is 0.621 bits per heavy atom. The summed E-state index contributed by atoms with van der Waals surface area (Å²) in [5, 5.41) is 0. The second kappa shape index (κ2) is 18.3. The highest BCUT2D eigenvalue weighted by molar-refractivity contribution is 7.81. The van der Waals surface area contributed by atoms with E-state index in [1.807, 2.05) is 0 Å². The molecule has 1 aromatic carbocycles. The van der Waals surface area contributed by atoms with Crippen molar-refractivity contribution in [1.82, 2.24) is 0 Å². The summed E-state index contributed by atoms with van der Waals surface area (Å²) in [5.41, 5.74) is 1.49. The number of hydrogen-bond donors (Lipinski definition) is 1. The van der Waals surface area contributed by atoms with E-state index in [4.69, 9.17) is 4.74 Å². The molecule has 1 nitrogen and oxygen atoms in total. The Hall–Kier alpha value is -0.470. The lowest BCUT2D eigenvalue weighted by Gasteiger charge is -2.16. The van der Waals surface area contributed by atoms with Crippen LogP contribution in [0.25, 0.3) is 0 Å². The van der Waals surface area contributed by atoms with Crippen molar-refractivity contribution in [3.63, 3.8) is 0 Å². The molecule has 0 saturated carbocycles. The smallest absolute Gasteiger partial charge is 0.0478 e. The fourth-order valence-corrected chi connectivity index (χ4v) is 3.81. The summed E-state index contributed by atoms with van der Waals surface area (Å²) < 4.78 is 5.79. The van der Waals surface area contributed by atoms with E-state index >= 15 is 0 Å². The summed E-state index contributed by atoms with van der Waals surface area (Å²) >= 11 is 4.52. The third kappa shape index (κ3) is 19.3. The van der Waals surface area contributed by atoms with Crippen LogP contribution >= 0.6 is 12.6 Å². The summed E-state index contributed by atoms with van der Waals surface area (Å²) in [6.45, 7) is 6.07. The minimum Gasteiger partial charge on any atom is -0.381 e. The first-order valence-electron chi connectivity index (χ1n) is 12.4. The molecule has 0 aromatic heterocycles. The maximum atomic E-state index is 5.69. The Morgan fingerprint density at radius 3 is 1.55 bits per heavy atom.